The molecule has 0 radical (unpaired) electrons. The predicted molar refractivity (Wildman–Crippen MR) is 131 cm³/mol. The van der Waals surface area contributed by atoms with Crippen LogP contribution in [0.5, 0.6) is 0 Å². The molecule has 2 aliphatic rings. The summed E-state index contributed by atoms with van der Waals surface area (Å²) in [6.07, 6.45) is 8.76. The SMILES string of the molecule is Cc1nocc1C(=O)NC(C(=O)Nc1ccc(N2CCOCC2)c(Cl)c1)C1CCCCCCC1. The highest BCUT2D eigenvalue weighted by molar-refractivity contribution is 6.33. The van der Waals surface area contributed by atoms with Gasteiger partial charge in [-0.25, -0.2) is 0 Å². The summed E-state index contributed by atoms with van der Waals surface area (Å²) in [6.45, 7) is 4.61. The van der Waals surface area contributed by atoms with Gasteiger partial charge in [0.05, 0.1) is 29.6 Å². The van der Waals surface area contributed by atoms with E-state index in [0.717, 1.165) is 57.3 Å². The molecule has 34 heavy (non-hydrogen) atoms. The van der Waals surface area contributed by atoms with Gasteiger partial charge in [-0.15, -0.1) is 0 Å². The molecular weight excluding hydrogens is 456 g/mol. The molecule has 0 bridgehead atoms. The topological polar surface area (TPSA) is 96.7 Å². The van der Waals surface area contributed by atoms with E-state index in [1.165, 1.54) is 12.7 Å². The summed E-state index contributed by atoms with van der Waals surface area (Å²) in [5, 5.41) is 10.3. The molecule has 1 unspecified atom stereocenters. The first-order valence-electron chi connectivity index (χ1n) is 12.2. The van der Waals surface area contributed by atoms with Crippen molar-refractivity contribution >= 4 is 34.8 Å². The Bertz CT molecular complexity index is 981. The van der Waals surface area contributed by atoms with Crippen LogP contribution in [0.4, 0.5) is 11.4 Å². The Morgan fingerprint density at radius 2 is 1.82 bits per heavy atom. The number of amides is 2. The fourth-order valence-corrected chi connectivity index (χ4v) is 5.11. The molecule has 184 valence electrons. The Morgan fingerprint density at radius 1 is 1.12 bits per heavy atom. The number of carbonyl (C=O) groups excluding carboxylic acids is 2. The van der Waals surface area contributed by atoms with Crippen molar-refractivity contribution in [2.45, 2.75) is 57.9 Å². The second kappa shape index (κ2) is 11.7. The maximum Gasteiger partial charge on any atom is 0.257 e. The lowest BCUT2D eigenvalue weighted by atomic mass is 9.85. The molecule has 2 fully saturated rings. The molecule has 1 aromatic heterocycles. The van der Waals surface area contributed by atoms with E-state index in [-0.39, 0.29) is 17.7 Å². The average molecular weight is 489 g/mol. The summed E-state index contributed by atoms with van der Waals surface area (Å²) in [4.78, 5) is 28.6. The average Bonchev–Trinajstić information content (AvgIpc) is 3.24. The minimum atomic E-state index is -0.655. The quantitative estimate of drug-likeness (QED) is 0.618. The number of aromatic nitrogens is 1. The summed E-state index contributed by atoms with van der Waals surface area (Å²) in [6, 6.07) is 4.89. The number of nitrogens with zero attached hydrogens (tertiary/aromatic N) is 2. The standard InChI is InChI=1S/C25H33ClN4O4/c1-17-20(16-34-29-17)24(31)28-23(18-7-5-3-2-4-6-8-18)25(32)27-19-9-10-22(21(26)15-19)30-11-13-33-14-12-30/h9-10,15-16,18,23H,2-8,11-14H2,1H3,(H,27,32)(H,28,31). The number of benzene rings is 1. The van der Waals surface area contributed by atoms with E-state index in [2.05, 4.69) is 20.7 Å². The Kier molecular flexibility index (Phi) is 8.45. The number of morpholine rings is 1. The van der Waals surface area contributed by atoms with Crippen LogP contribution in [0.1, 0.15) is 61.0 Å². The fraction of sp³-hybridized carbons (Fsp3) is 0.560. The van der Waals surface area contributed by atoms with Gasteiger partial charge in [0.2, 0.25) is 5.91 Å². The predicted octanol–water partition coefficient (Wildman–Crippen LogP) is 4.57. The van der Waals surface area contributed by atoms with Gasteiger partial charge in [-0.2, -0.15) is 0 Å². The van der Waals surface area contributed by atoms with E-state index in [1.54, 1.807) is 13.0 Å². The number of carbonyl (C=O) groups is 2. The van der Waals surface area contributed by atoms with Crippen LogP contribution < -0.4 is 15.5 Å². The van der Waals surface area contributed by atoms with Crippen molar-refractivity contribution in [2.24, 2.45) is 5.92 Å². The number of halogens is 1. The zero-order chi connectivity index (χ0) is 23.9. The maximum atomic E-state index is 13.5. The van der Waals surface area contributed by atoms with E-state index < -0.39 is 6.04 Å². The van der Waals surface area contributed by atoms with Crippen LogP contribution in [0, 0.1) is 12.8 Å². The van der Waals surface area contributed by atoms with Crippen molar-refractivity contribution in [1.29, 1.82) is 0 Å². The third kappa shape index (κ3) is 6.10. The molecule has 2 aromatic rings. The first-order chi connectivity index (χ1) is 16.5. The summed E-state index contributed by atoms with van der Waals surface area (Å²) >= 11 is 6.56. The highest BCUT2D eigenvalue weighted by Gasteiger charge is 2.31. The largest absolute Gasteiger partial charge is 0.378 e. The second-order valence-electron chi connectivity index (χ2n) is 9.12. The molecule has 1 saturated heterocycles. The lowest BCUT2D eigenvalue weighted by Gasteiger charge is -2.30. The van der Waals surface area contributed by atoms with Crippen LogP contribution in [0.25, 0.3) is 0 Å². The zero-order valence-corrected chi connectivity index (χ0v) is 20.4. The van der Waals surface area contributed by atoms with Crippen molar-refractivity contribution in [3.05, 3.63) is 40.7 Å². The Hall–Kier alpha value is -2.58. The number of hydrogen-bond acceptors (Lipinski definition) is 6. The van der Waals surface area contributed by atoms with Crippen molar-refractivity contribution in [3.63, 3.8) is 0 Å². The number of rotatable bonds is 6. The van der Waals surface area contributed by atoms with Crippen molar-refractivity contribution < 1.29 is 18.8 Å². The second-order valence-corrected chi connectivity index (χ2v) is 9.53. The van der Waals surface area contributed by atoms with Gasteiger partial charge in [-0.1, -0.05) is 48.9 Å². The van der Waals surface area contributed by atoms with E-state index in [9.17, 15) is 9.59 Å². The molecular formula is C25H33ClN4O4. The third-order valence-electron chi connectivity index (χ3n) is 6.75. The van der Waals surface area contributed by atoms with Gasteiger partial charge in [0, 0.05) is 18.8 Å². The molecule has 1 saturated carbocycles. The first-order valence-corrected chi connectivity index (χ1v) is 12.6. The minimum Gasteiger partial charge on any atom is -0.378 e. The normalized spacial score (nSPS) is 18.6. The highest BCUT2D eigenvalue weighted by atomic mass is 35.5. The molecule has 2 amide bonds. The van der Waals surface area contributed by atoms with Crippen molar-refractivity contribution in [1.82, 2.24) is 10.5 Å². The fourth-order valence-electron chi connectivity index (χ4n) is 4.81. The molecule has 1 atom stereocenters. The smallest absolute Gasteiger partial charge is 0.257 e. The van der Waals surface area contributed by atoms with Crippen LogP contribution in [-0.2, 0) is 9.53 Å². The van der Waals surface area contributed by atoms with Crippen LogP contribution in [-0.4, -0.2) is 49.3 Å². The van der Waals surface area contributed by atoms with Crippen LogP contribution in [0.2, 0.25) is 5.02 Å². The lowest BCUT2D eigenvalue weighted by molar-refractivity contribution is -0.119. The number of aryl methyl sites for hydroxylation is 1. The molecule has 1 aliphatic heterocycles. The molecule has 2 heterocycles. The van der Waals surface area contributed by atoms with Gasteiger partial charge in [-0.05, 0) is 43.9 Å². The Labute approximate surface area is 205 Å². The monoisotopic (exact) mass is 488 g/mol. The van der Waals surface area contributed by atoms with Gasteiger partial charge < -0.3 is 24.8 Å². The van der Waals surface area contributed by atoms with Gasteiger partial charge >= 0.3 is 0 Å². The lowest BCUT2D eigenvalue weighted by Crippen LogP contribution is -2.48. The van der Waals surface area contributed by atoms with Crippen molar-refractivity contribution in [2.75, 3.05) is 36.5 Å². The molecule has 2 N–H and O–H groups in total. The zero-order valence-electron chi connectivity index (χ0n) is 19.6. The van der Waals surface area contributed by atoms with Gasteiger partial charge in [0.15, 0.2) is 0 Å². The molecule has 9 heteroatoms. The van der Waals surface area contributed by atoms with Gasteiger partial charge in [-0.3, -0.25) is 9.59 Å². The van der Waals surface area contributed by atoms with Crippen LogP contribution in [0.3, 0.4) is 0 Å². The van der Waals surface area contributed by atoms with Crippen molar-refractivity contribution in [3.8, 4) is 0 Å². The highest BCUT2D eigenvalue weighted by Crippen LogP contribution is 2.30. The van der Waals surface area contributed by atoms with E-state index >= 15 is 0 Å². The van der Waals surface area contributed by atoms with Gasteiger partial charge in [0.1, 0.15) is 17.9 Å². The number of ether oxygens (including phenoxy) is 1. The molecule has 1 aliphatic carbocycles. The maximum absolute atomic E-state index is 13.5. The molecule has 0 spiro atoms. The molecule has 1 aromatic carbocycles. The van der Waals surface area contributed by atoms with E-state index in [4.69, 9.17) is 20.9 Å². The Balaban J connectivity index is 1.50. The summed E-state index contributed by atoms with van der Waals surface area (Å²) in [5.74, 6) is -0.516. The number of hydrogen-bond donors (Lipinski definition) is 2. The van der Waals surface area contributed by atoms with E-state index in [1.807, 2.05) is 12.1 Å². The van der Waals surface area contributed by atoms with E-state index in [0.29, 0.717) is 35.2 Å². The minimum absolute atomic E-state index is 0.0625. The summed E-state index contributed by atoms with van der Waals surface area (Å²) in [5.41, 5.74) is 2.38. The van der Waals surface area contributed by atoms with Crippen LogP contribution >= 0.6 is 11.6 Å². The summed E-state index contributed by atoms with van der Waals surface area (Å²) in [7, 11) is 0. The first kappa shape index (κ1) is 24.5. The van der Waals surface area contributed by atoms with Crippen LogP contribution in [0.15, 0.2) is 29.0 Å². The third-order valence-corrected chi connectivity index (χ3v) is 7.05. The molecule has 8 nitrogen and oxygen atoms in total. The molecule has 4 rings (SSSR count). The number of anilines is 2. The van der Waals surface area contributed by atoms with Gasteiger partial charge in [0.25, 0.3) is 5.91 Å². The Morgan fingerprint density at radius 3 is 2.47 bits per heavy atom. The summed E-state index contributed by atoms with van der Waals surface area (Å²) < 4.78 is 10.3. The number of nitrogens with one attached hydrogen (secondary N) is 2.